The van der Waals surface area contributed by atoms with E-state index in [9.17, 15) is 0 Å². The van der Waals surface area contributed by atoms with Gasteiger partial charge in [-0.15, -0.1) is 11.3 Å². The number of hydrogen-bond donors (Lipinski definition) is 2. The number of thiophene rings is 1. The van der Waals surface area contributed by atoms with Gasteiger partial charge in [0, 0.05) is 23.9 Å². The molecule has 3 N–H and O–H groups in total. The van der Waals surface area contributed by atoms with E-state index in [1.165, 1.54) is 4.88 Å². The smallest absolute Gasteiger partial charge is 0.143 e. The Kier molecular flexibility index (Phi) is 5.94. The Morgan fingerprint density at radius 3 is 2.82 bits per heavy atom. The Hall–Kier alpha value is -0.590. The highest BCUT2D eigenvalue weighted by Crippen LogP contribution is 2.23. The van der Waals surface area contributed by atoms with Gasteiger partial charge in [0.25, 0.3) is 0 Å². The van der Waals surface area contributed by atoms with E-state index in [1.54, 1.807) is 11.3 Å². The van der Waals surface area contributed by atoms with Gasteiger partial charge >= 0.3 is 0 Å². The summed E-state index contributed by atoms with van der Waals surface area (Å²) in [5.41, 5.74) is 5.59. The molecule has 0 saturated heterocycles. The fraction of sp³-hybridized carbons (Fsp3) is 0.545. The molecule has 1 aromatic heterocycles. The Bertz CT molecular complexity index is 381. The predicted octanol–water partition coefficient (Wildman–Crippen LogP) is 2.71. The molecule has 0 aliphatic heterocycles. The molecule has 1 unspecified atom stereocenters. The van der Waals surface area contributed by atoms with E-state index in [4.69, 9.17) is 10.9 Å². The Morgan fingerprint density at radius 1 is 1.65 bits per heavy atom. The molecular formula is C11H18BrN3OS. The number of nitrogens with zero attached hydrogens (tertiary/aromatic N) is 2. The average molecular weight is 320 g/mol. The second-order valence-corrected chi connectivity index (χ2v) is 6.51. The van der Waals surface area contributed by atoms with Crippen LogP contribution in [0.15, 0.2) is 21.1 Å². The van der Waals surface area contributed by atoms with Crippen LogP contribution in [0.3, 0.4) is 0 Å². The fourth-order valence-corrected chi connectivity index (χ4v) is 3.07. The van der Waals surface area contributed by atoms with Gasteiger partial charge in [-0.2, -0.15) is 0 Å². The Balaban J connectivity index is 2.54. The van der Waals surface area contributed by atoms with Gasteiger partial charge in [-0.3, -0.25) is 4.90 Å². The highest BCUT2D eigenvalue weighted by molar-refractivity contribution is 9.11. The van der Waals surface area contributed by atoms with Crippen molar-refractivity contribution in [1.29, 1.82) is 0 Å². The van der Waals surface area contributed by atoms with E-state index < -0.39 is 0 Å². The van der Waals surface area contributed by atoms with Crippen LogP contribution in [0.1, 0.15) is 18.7 Å². The van der Waals surface area contributed by atoms with Crippen LogP contribution in [-0.2, 0) is 6.54 Å². The molecule has 1 heterocycles. The van der Waals surface area contributed by atoms with E-state index in [1.807, 2.05) is 6.92 Å². The van der Waals surface area contributed by atoms with Crippen molar-refractivity contribution in [2.45, 2.75) is 20.4 Å². The van der Waals surface area contributed by atoms with Gasteiger partial charge in [0.05, 0.1) is 3.79 Å². The first-order valence-electron chi connectivity index (χ1n) is 5.50. The lowest BCUT2D eigenvalue weighted by atomic mass is 10.1. The minimum atomic E-state index is 0.0587. The van der Waals surface area contributed by atoms with Crippen LogP contribution in [0.4, 0.5) is 0 Å². The van der Waals surface area contributed by atoms with Gasteiger partial charge in [-0.1, -0.05) is 19.0 Å². The summed E-state index contributed by atoms with van der Waals surface area (Å²) in [4.78, 5) is 3.59. The molecule has 17 heavy (non-hydrogen) atoms. The first kappa shape index (κ1) is 14.5. The van der Waals surface area contributed by atoms with Crippen LogP contribution in [0.25, 0.3) is 0 Å². The SMILES string of the molecule is CCN(Cc1ccc(Br)s1)CC(C)/C(N)=N/O. The first-order valence-corrected chi connectivity index (χ1v) is 7.11. The molecule has 1 aromatic rings. The third-order valence-electron chi connectivity index (χ3n) is 2.61. The van der Waals surface area contributed by atoms with Crippen LogP contribution in [0, 0.1) is 5.92 Å². The van der Waals surface area contributed by atoms with Crippen molar-refractivity contribution in [2.75, 3.05) is 13.1 Å². The van der Waals surface area contributed by atoms with Crippen LogP contribution >= 0.6 is 27.3 Å². The quantitative estimate of drug-likeness (QED) is 0.367. The van der Waals surface area contributed by atoms with E-state index >= 15 is 0 Å². The summed E-state index contributed by atoms with van der Waals surface area (Å²) >= 11 is 5.19. The third-order valence-corrected chi connectivity index (χ3v) is 4.22. The van der Waals surface area contributed by atoms with E-state index in [2.05, 4.69) is 45.0 Å². The lowest BCUT2D eigenvalue weighted by Gasteiger charge is -2.22. The van der Waals surface area contributed by atoms with Gasteiger partial charge in [0.2, 0.25) is 0 Å². The molecule has 0 amide bonds. The molecule has 0 aromatic carbocycles. The highest BCUT2D eigenvalue weighted by Gasteiger charge is 2.13. The highest BCUT2D eigenvalue weighted by atomic mass is 79.9. The summed E-state index contributed by atoms with van der Waals surface area (Å²) < 4.78 is 1.15. The number of amidine groups is 1. The molecular weight excluding hydrogens is 302 g/mol. The molecule has 0 spiro atoms. The molecule has 4 nitrogen and oxygen atoms in total. The van der Waals surface area contributed by atoms with Crippen LogP contribution in [0.2, 0.25) is 0 Å². The minimum Gasteiger partial charge on any atom is -0.409 e. The van der Waals surface area contributed by atoms with Crippen LogP contribution in [-0.4, -0.2) is 29.0 Å². The monoisotopic (exact) mass is 319 g/mol. The second kappa shape index (κ2) is 6.98. The van der Waals surface area contributed by atoms with Crippen molar-refractivity contribution in [3.63, 3.8) is 0 Å². The zero-order valence-electron chi connectivity index (χ0n) is 10.1. The lowest BCUT2D eigenvalue weighted by molar-refractivity contribution is 0.259. The van der Waals surface area contributed by atoms with E-state index in [-0.39, 0.29) is 11.8 Å². The number of nitrogens with two attached hydrogens (primary N) is 1. The largest absolute Gasteiger partial charge is 0.409 e. The molecule has 0 bridgehead atoms. The van der Waals surface area contributed by atoms with Gasteiger partial charge in [0.1, 0.15) is 5.84 Å². The fourth-order valence-electron chi connectivity index (χ4n) is 1.54. The van der Waals surface area contributed by atoms with Gasteiger partial charge in [-0.05, 0) is 34.6 Å². The summed E-state index contributed by atoms with van der Waals surface area (Å²) in [6, 6.07) is 4.17. The second-order valence-electron chi connectivity index (χ2n) is 3.96. The topological polar surface area (TPSA) is 61.8 Å². The zero-order chi connectivity index (χ0) is 12.8. The maximum absolute atomic E-state index is 8.62. The predicted molar refractivity (Wildman–Crippen MR) is 75.5 cm³/mol. The molecule has 1 rings (SSSR count). The number of oxime groups is 1. The molecule has 0 aliphatic rings. The van der Waals surface area contributed by atoms with Crippen LogP contribution in [0.5, 0.6) is 0 Å². The van der Waals surface area contributed by atoms with Gasteiger partial charge < -0.3 is 10.9 Å². The molecule has 1 atom stereocenters. The van der Waals surface area contributed by atoms with Crippen molar-refractivity contribution in [3.05, 3.63) is 20.8 Å². The van der Waals surface area contributed by atoms with Crippen molar-refractivity contribution in [2.24, 2.45) is 16.8 Å². The number of halogens is 1. The van der Waals surface area contributed by atoms with Gasteiger partial charge in [0.15, 0.2) is 0 Å². The normalized spacial score (nSPS) is 14.2. The number of rotatable bonds is 6. The minimum absolute atomic E-state index is 0.0587. The summed E-state index contributed by atoms with van der Waals surface area (Å²) in [6.45, 7) is 6.71. The number of hydrogen-bond acceptors (Lipinski definition) is 4. The Labute approximate surface area is 114 Å². The van der Waals surface area contributed by atoms with Crippen molar-refractivity contribution in [1.82, 2.24) is 4.90 Å². The summed E-state index contributed by atoms with van der Waals surface area (Å²) in [7, 11) is 0. The van der Waals surface area contributed by atoms with E-state index in [0.717, 1.165) is 23.4 Å². The van der Waals surface area contributed by atoms with E-state index in [0.29, 0.717) is 0 Å². The first-order chi connectivity index (χ1) is 8.06. The molecule has 0 aliphatic carbocycles. The lowest BCUT2D eigenvalue weighted by Crippen LogP contribution is -2.34. The molecule has 6 heteroatoms. The molecule has 0 saturated carbocycles. The average Bonchev–Trinajstić information content (AvgIpc) is 2.72. The van der Waals surface area contributed by atoms with Gasteiger partial charge in [-0.25, -0.2) is 0 Å². The summed E-state index contributed by atoms with van der Waals surface area (Å²) in [5, 5.41) is 11.7. The maximum atomic E-state index is 8.62. The standard InChI is InChI=1S/C11H18BrN3OS/c1-3-15(6-8(2)11(13)14-16)7-9-4-5-10(12)17-9/h4-5,8,16H,3,6-7H2,1-2H3,(H2,13,14). The molecule has 0 fully saturated rings. The summed E-state index contributed by atoms with van der Waals surface area (Å²) in [5.74, 6) is 0.346. The van der Waals surface area contributed by atoms with Crippen molar-refractivity contribution >= 4 is 33.1 Å². The third kappa shape index (κ3) is 4.65. The Morgan fingerprint density at radius 2 is 2.35 bits per heavy atom. The molecule has 96 valence electrons. The van der Waals surface area contributed by atoms with Crippen molar-refractivity contribution in [3.8, 4) is 0 Å². The molecule has 0 radical (unpaired) electrons. The summed E-state index contributed by atoms with van der Waals surface area (Å²) in [6.07, 6.45) is 0. The van der Waals surface area contributed by atoms with Crippen molar-refractivity contribution < 1.29 is 5.21 Å². The van der Waals surface area contributed by atoms with Crippen LogP contribution < -0.4 is 5.73 Å². The maximum Gasteiger partial charge on any atom is 0.143 e. The zero-order valence-corrected chi connectivity index (χ0v) is 12.5.